The van der Waals surface area contributed by atoms with E-state index in [4.69, 9.17) is 9.47 Å². The lowest BCUT2D eigenvalue weighted by Gasteiger charge is -2.37. The molecule has 6 heteroatoms. The van der Waals surface area contributed by atoms with Gasteiger partial charge in [0.1, 0.15) is 5.75 Å². The van der Waals surface area contributed by atoms with Gasteiger partial charge in [-0.25, -0.2) is 0 Å². The van der Waals surface area contributed by atoms with Crippen molar-refractivity contribution in [1.29, 1.82) is 0 Å². The average Bonchev–Trinajstić information content (AvgIpc) is 3.10. The van der Waals surface area contributed by atoms with Crippen LogP contribution in [0.1, 0.15) is 12.8 Å². The number of benzene rings is 1. The predicted molar refractivity (Wildman–Crippen MR) is 92.6 cm³/mol. The van der Waals surface area contributed by atoms with Crippen molar-refractivity contribution in [2.45, 2.75) is 25.0 Å². The minimum absolute atomic E-state index is 0.208. The van der Waals surface area contributed by atoms with E-state index in [1.54, 1.807) is 6.07 Å². The van der Waals surface area contributed by atoms with Crippen LogP contribution < -0.4 is 4.90 Å². The van der Waals surface area contributed by atoms with Crippen LogP contribution in [0.5, 0.6) is 5.75 Å². The highest BCUT2D eigenvalue weighted by Gasteiger charge is 2.21. The number of hydrogen-bond donors (Lipinski definition) is 2. The maximum Gasteiger partial charge on any atom is 0.138 e. The zero-order chi connectivity index (χ0) is 16.8. The van der Waals surface area contributed by atoms with Gasteiger partial charge in [-0.05, 0) is 25.0 Å². The molecule has 134 valence electrons. The summed E-state index contributed by atoms with van der Waals surface area (Å²) in [6, 6.07) is 7.44. The standard InChI is InChI=1S/C18H28N2O4/c21-15(13-23-14-16-4-3-11-24-16)12-19-7-9-20(10-8-19)17-5-1-2-6-18(17)22/h1-2,5-6,15-16,21-22H,3-4,7-14H2/t15-,16+/m0/s1. The number of piperazine rings is 1. The van der Waals surface area contributed by atoms with Crippen molar-refractivity contribution in [2.24, 2.45) is 0 Å². The lowest BCUT2D eigenvalue weighted by Crippen LogP contribution is -2.49. The van der Waals surface area contributed by atoms with Crippen molar-refractivity contribution in [3.63, 3.8) is 0 Å². The second-order valence-electron chi connectivity index (χ2n) is 6.60. The van der Waals surface area contributed by atoms with Crippen LogP contribution in [0.3, 0.4) is 0 Å². The molecular formula is C18H28N2O4. The molecule has 24 heavy (non-hydrogen) atoms. The van der Waals surface area contributed by atoms with Crippen molar-refractivity contribution < 1.29 is 19.7 Å². The van der Waals surface area contributed by atoms with Gasteiger partial charge in [-0.15, -0.1) is 0 Å². The van der Waals surface area contributed by atoms with Crippen molar-refractivity contribution in [1.82, 2.24) is 4.90 Å². The molecule has 2 aliphatic heterocycles. The zero-order valence-corrected chi connectivity index (χ0v) is 14.1. The Balaban J connectivity index is 1.35. The average molecular weight is 336 g/mol. The number of aliphatic hydroxyl groups excluding tert-OH is 1. The Labute approximate surface area is 143 Å². The van der Waals surface area contributed by atoms with E-state index in [0.717, 1.165) is 51.3 Å². The smallest absolute Gasteiger partial charge is 0.138 e. The first kappa shape index (κ1) is 17.5. The fourth-order valence-corrected chi connectivity index (χ4v) is 3.36. The number of rotatable bonds is 7. The quantitative estimate of drug-likeness (QED) is 0.777. The third kappa shape index (κ3) is 4.83. The first-order chi connectivity index (χ1) is 11.7. The molecular weight excluding hydrogens is 308 g/mol. The van der Waals surface area contributed by atoms with Gasteiger partial charge in [0.25, 0.3) is 0 Å². The van der Waals surface area contributed by atoms with Crippen LogP contribution in [0, 0.1) is 0 Å². The summed E-state index contributed by atoms with van der Waals surface area (Å²) in [5, 5.41) is 20.1. The van der Waals surface area contributed by atoms with E-state index in [1.165, 1.54) is 0 Å². The minimum atomic E-state index is -0.469. The molecule has 1 aromatic carbocycles. The van der Waals surface area contributed by atoms with Crippen molar-refractivity contribution in [3.05, 3.63) is 24.3 Å². The molecule has 0 spiro atoms. The van der Waals surface area contributed by atoms with E-state index in [9.17, 15) is 10.2 Å². The Morgan fingerprint density at radius 3 is 2.71 bits per heavy atom. The number of β-amino-alcohol motifs (C(OH)–C–C–N with tert-alkyl or cyclic N) is 1. The first-order valence-electron chi connectivity index (χ1n) is 8.85. The van der Waals surface area contributed by atoms with Gasteiger partial charge >= 0.3 is 0 Å². The Kier molecular flexibility index (Phi) is 6.31. The minimum Gasteiger partial charge on any atom is -0.506 e. The lowest BCUT2D eigenvalue weighted by atomic mass is 10.2. The van der Waals surface area contributed by atoms with Crippen molar-refractivity contribution >= 4 is 5.69 Å². The maximum absolute atomic E-state index is 10.1. The maximum atomic E-state index is 10.1. The molecule has 2 saturated heterocycles. The monoisotopic (exact) mass is 336 g/mol. The molecule has 0 bridgehead atoms. The molecule has 2 fully saturated rings. The number of hydrogen-bond acceptors (Lipinski definition) is 6. The fraction of sp³-hybridized carbons (Fsp3) is 0.667. The summed E-state index contributed by atoms with van der Waals surface area (Å²) in [6.07, 6.45) is 1.91. The molecule has 0 amide bonds. The number of anilines is 1. The molecule has 2 atom stereocenters. The third-order valence-corrected chi connectivity index (χ3v) is 4.70. The van der Waals surface area contributed by atoms with E-state index < -0.39 is 6.10 Å². The molecule has 0 unspecified atom stereocenters. The summed E-state index contributed by atoms with van der Waals surface area (Å²) in [6.45, 7) is 5.84. The number of nitrogens with zero attached hydrogens (tertiary/aromatic N) is 2. The molecule has 2 N–H and O–H groups in total. The number of phenolic OH excluding ortho intramolecular Hbond substituents is 1. The Bertz CT molecular complexity index is 500. The van der Waals surface area contributed by atoms with Crippen LogP contribution in [0.15, 0.2) is 24.3 Å². The van der Waals surface area contributed by atoms with Gasteiger partial charge in [-0.3, -0.25) is 4.90 Å². The van der Waals surface area contributed by atoms with Crippen molar-refractivity contribution in [3.8, 4) is 5.75 Å². The summed E-state index contributed by atoms with van der Waals surface area (Å²) < 4.78 is 11.1. The number of para-hydroxylation sites is 2. The van der Waals surface area contributed by atoms with Gasteiger partial charge in [0.2, 0.25) is 0 Å². The van der Waals surface area contributed by atoms with E-state index in [2.05, 4.69) is 9.80 Å². The molecule has 0 radical (unpaired) electrons. The largest absolute Gasteiger partial charge is 0.506 e. The normalized spacial score (nSPS) is 23.5. The molecule has 0 saturated carbocycles. The van der Waals surface area contributed by atoms with Crippen LogP contribution in [0.2, 0.25) is 0 Å². The predicted octanol–water partition coefficient (Wildman–Crippen LogP) is 1.07. The Morgan fingerprint density at radius 2 is 2.00 bits per heavy atom. The summed E-state index contributed by atoms with van der Waals surface area (Å²) >= 11 is 0. The second-order valence-corrected chi connectivity index (χ2v) is 6.60. The third-order valence-electron chi connectivity index (χ3n) is 4.70. The van der Waals surface area contributed by atoms with Crippen LogP contribution in [-0.4, -0.2) is 79.9 Å². The van der Waals surface area contributed by atoms with E-state index >= 15 is 0 Å². The van der Waals surface area contributed by atoms with E-state index in [-0.39, 0.29) is 6.10 Å². The second kappa shape index (κ2) is 8.67. The van der Waals surface area contributed by atoms with Gasteiger partial charge in [-0.2, -0.15) is 0 Å². The summed E-state index contributed by atoms with van der Waals surface area (Å²) in [5.41, 5.74) is 0.887. The molecule has 1 aromatic rings. The highest BCUT2D eigenvalue weighted by molar-refractivity contribution is 5.57. The van der Waals surface area contributed by atoms with E-state index in [1.807, 2.05) is 18.2 Å². The lowest BCUT2D eigenvalue weighted by molar-refractivity contribution is -0.0254. The number of aromatic hydroxyl groups is 1. The number of aliphatic hydroxyl groups is 1. The highest BCUT2D eigenvalue weighted by atomic mass is 16.5. The zero-order valence-electron chi connectivity index (χ0n) is 14.1. The van der Waals surface area contributed by atoms with Crippen molar-refractivity contribution in [2.75, 3.05) is 57.4 Å². The van der Waals surface area contributed by atoms with Crippen LogP contribution >= 0.6 is 0 Å². The van der Waals surface area contributed by atoms with Crippen LogP contribution in [0.25, 0.3) is 0 Å². The Hall–Kier alpha value is -1.34. The summed E-state index contributed by atoms with van der Waals surface area (Å²) in [4.78, 5) is 4.43. The highest BCUT2D eigenvalue weighted by Crippen LogP contribution is 2.27. The van der Waals surface area contributed by atoms with Crippen LogP contribution in [-0.2, 0) is 9.47 Å². The van der Waals surface area contributed by atoms with Crippen LogP contribution in [0.4, 0.5) is 5.69 Å². The Morgan fingerprint density at radius 1 is 1.21 bits per heavy atom. The van der Waals surface area contributed by atoms with Gasteiger partial charge in [-0.1, -0.05) is 12.1 Å². The topological polar surface area (TPSA) is 65.4 Å². The molecule has 0 aliphatic carbocycles. The van der Waals surface area contributed by atoms with Gasteiger partial charge in [0.05, 0.1) is 31.1 Å². The summed E-state index contributed by atoms with van der Waals surface area (Å²) in [7, 11) is 0. The molecule has 3 rings (SSSR count). The SMILES string of the molecule is Oc1ccccc1N1CCN(C[C@H](O)COC[C@H]2CCCO2)CC1. The number of ether oxygens (including phenoxy) is 2. The molecule has 2 heterocycles. The molecule has 2 aliphatic rings. The molecule has 6 nitrogen and oxygen atoms in total. The number of phenols is 1. The van der Waals surface area contributed by atoms with E-state index in [0.29, 0.717) is 25.5 Å². The van der Waals surface area contributed by atoms with Gasteiger partial charge < -0.3 is 24.6 Å². The first-order valence-corrected chi connectivity index (χ1v) is 8.85. The fourth-order valence-electron chi connectivity index (χ4n) is 3.36. The van der Waals surface area contributed by atoms with Gasteiger partial charge in [0, 0.05) is 39.3 Å². The molecule has 0 aromatic heterocycles. The van der Waals surface area contributed by atoms with Gasteiger partial charge in [0.15, 0.2) is 0 Å². The summed E-state index contributed by atoms with van der Waals surface area (Å²) in [5.74, 6) is 0.327.